The molecule has 0 N–H and O–H groups in total. The van der Waals surface area contributed by atoms with Crippen molar-refractivity contribution in [2.75, 3.05) is 0 Å². The minimum absolute atomic E-state index is 0.0665. The van der Waals surface area contributed by atoms with E-state index in [9.17, 15) is 8.00 Å². The van der Waals surface area contributed by atoms with Crippen molar-refractivity contribution >= 4 is 88.7 Å². The fourth-order valence-electron chi connectivity index (χ4n) is 12.6. The summed E-state index contributed by atoms with van der Waals surface area (Å²) < 4.78 is 56.2. The number of hydrogen-bond acceptors (Lipinski definition) is 3. The van der Waals surface area contributed by atoms with E-state index in [1.54, 1.807) is 26.8 Å². The third kappa shape index (κ3) is 7.06. The molecule has 13 rings (SSSR count). The molecule has 11 aromatic rings. The number of rotatable bonds is 3. The first-order valence-electron chi connectivity index (χ1n) is 29.5. The molecule has 2 aliphatic heterocycles. The van der Waals surface area contributed by atoms with E-state index in [-0.39, 0.29) is 39.5 Å². The van der Waals surface area contributed by atoms with Crippen LogP contribution in [0.5, 0.6) is 0 Å². The Labute approximate surface area is 455 Å². The highest BCUT2D eigenvalue weighted by atomic mass is 16.3. The summed E-state index contributed by atoms with van der Waals surface area (Å²) in [6.45, 7) is 30.2. The number of hydrogen-bond donors (Lipinski definition) is 0. The predicted molar refractivity (Wildman–Crippen MR) is 323 cm³/mol. The standard InChI is InChI=1S/C70H69BN4O/c1-38-37-73-55(26-41(38)35-66(2,3)4)48-19-17-18-46-47-23-20-39(36-72)60(65(47)76-64(46)48)40-27-58-61-59(28-40)75-57-25-22-43(68(8,9)10)30-50(57)52-32-45(70(14,15)16)34-54(63(52)75)71(61)53-33-44(69(11,12)13)31-51-49-29-42(67(5,6)7)21-24-56(49)74(58)62(51)53/h17-34,37H,35H2,1-16H3/i1D3,35D2. The minimum Gasteiger partial charge on any atom is -0.455 e. The maximum absolute atomic E-state index is 11.3. The Hall–Kier alpha value is -7.36. The van der Waals surface area contributed by atoms with Crippen LogP contribution < -0.4 is 16.4 Å². The van der Waals surface area contributed by atoms with Crippen LogP contribution in [-0.2, 0) is 28.0 Å². The maximum atomic E-state index is 11.3. The number of nitriles is 1. The quantitative estimate of drug-likeness (QED) is 0.166. The molecule has 6 heteroatoms. The van der Waals surface area contributed by atoms with E-state index in [0.717, 1.165) is 38.7 Å². The topological polar surface area (TPSA) is 59.7 Å². The Kier molecular flexibility index (Phi) is 8.81. The zero-order valence-electron chi connectivity index (χ0n) is 51.7. The summed E-state index contributed by atoms with van der Waals surface area (Å²) in [6, 6.07) is 42.4. The van der Waals surface area contributed by atoms with Gasteiger partial charge in [-0.15, -0.1) is 0 Å². The van der Waals surface area contributed by atoms with Crippen LogP contribution in [0.3, 0.4) is 0 Å². The molecule has 378 valence electrons. The van der Waals surface area contributed by atoms with Gasteiger partial charge in [-0.1, -0.05) is 140 Å². The number of aryl methyl sites for hydroxylation is 1. The van der Waals surface area contributed by atoms with Crippen molar-refractivity contribution in [1.29, 1.82) is 5.26 Å². The van der Waals surface area contributed by atoms with Crippen LogP contribution in [0.25, 0.3) is 99.3 Å². The van der Waals surface area contributed by atoms with Gasteiger partial charge >= 0.3 is 0 Å². The van der Waals surface area contributed by atoms with Gasteiger partial charge in [0, 0.05) is 78.9 Å². The Morgan fingerprint density at radius 2 is 1.11 bits per heavy atom. The third-order valence-electron chi connectivity index (χ3n) is 16.5. The first-order chi connectivity index (χ1) is 37.7. The molecule has 0 saturated heterocycles. The lowest BCUT2D eigenvalue weighted by Crippen LogP contribution is -2.59. The molecule has 7 aromatic carbocycles. The monoisotopic (exact) mass is 998 g/mol. The van der Waals surface area contributed by atoms with Gasteiger partial charge in [0.2, 0.25) is 0 Å². The van der Waals surface area contributed by atoms with E-state index in [1.165, 1.54) is 77.4 Å². The van der Waals surface area contributed by atoms with Crippen molar-refractivity contribution in [1.82, 2.24) is 14.1 Å². The smallest absolute Gasteiger partial charge is 0.252 e. The van der Waals surface area contributed by atoms with E-state index in [1.807, 2.05) is 30.3 Å². The van der Waals surface area contributed by atoms with Crippen molar-refractivity contribution in [2.45, 2.75) is 139 Å². The van der Waals surface area contributed by atoms with E-state index in [4.69, 9.17) is 13.5 Å². The van der Waals surface area contributed by atoms with Crippen LogP contribution in [0.1, 0.15) is 150 Å². The Morgan fingerprint density at radius 1 is 0.579 bits per heavy atom. The number of aromatic nitrogens is 3. The highest BCUT2D eigenvalue weighted by molar-refractivity contribution is 7.00. The number of nitrogens with zero attached hydrogens (tertiary/aromatic N) is 4. The summed E-state index contributed by atoms with van der Waals surface area (Å²) in [5, 5.41) is 17.8. The zero-order valence-corrected chi connectivity index (χ0v) is 46.7. The molecular weight excluding hydrogens is 924 g/mol. The fourth-order valence-corrected chi connectivity index (χ4v) is 12.6. The van der Waals surface area contributed by atoms with Gasteiger partial charge in [-0.3, -0.25) is 4.98 Å². The minimum atomic E-state index is -2.60. The van der Waals surface area contributed by atoms with Crippen molar-refractivity contribution in [3.63, 3.8) is 0 Å². The number of benzene rings is 7. The average Bonchev–Trinajstić information content (AvgIpc) is 1.76. The fraction of sp³-hybridized carbons (Fsp3) is 0.314. The second kappa shape index (κ2) is 15.6. The summed E-state index contributed by atoms with van der Waals surface area (Å²) >= 11 is 0. The van der Waals surface area contributed by atoms with Gasteiger partial charge < -0.3 is 13.6 Å². The number of para-hydroxylation sites is 1. The molecule has 0 radical (unpaired) electrons. The summed E-state index contributed by atoms with van der Waals surface area (Å²) in [7, 11) is 0. The highest BCUT2D eigenvalue weighted by Gasteiger charge is 2.43. The summed E-state index contributed by atoms with van der Waals surface area (Å²) in [6.07, 6.45) is -0.728. The molecule has 0 saturated carbocycles. The van der Waals surface area contributed by atoms with Crippen molar-refractivity contribution in [3.05, 3.63) is 154 Å². The molecular formula is C70H69BN4O. The summed E-state index contributed by atoms with van der Waals surface area (Å²) in [4.78, 5) is 4.73. The zero-order chi connectivity index (χ0) is 58.0. The van der Waals surface area contributed by atoms with Gasteiger partial charge in [0.1, 0.15) is 11.2 Å². The van der Waals surface area contributed by atoms with Crippen LogP contribution in [0.15, 0.2) is 120 Å². The average molecular weight is 998 g/mol. The normalized spacial score (nSPS) is 15.1. The first kappa shape index (κ1) is 42.8. The molecule has 0 atom stereocenters. The van der Waals surface area contributed by atoms with Crippen molar-refractivity contribution < 1.29 is 11.3 Å². The Morgan fingerprint density at radius 3 is 1.61 bits per heavy atom. The molecule has 0 unspecified atom stereocenters. The van der Waals surface area contributed by atoms with E-state index in [2.05, 4.69) is 171 Å². The van der Waals surface area contributed by atoms with E-state index >= 15 is 0 Å². The third-order valence-corrected chi connectivity index (χ3v) is 16.5. The SMILES string of the molecule is [2H]C([2H])([2H])c1cnc(-c2cccc3c2oc2c(-c4cc5c6c(c4)-n4c7ccc(C(C)(C)C)cc7c7cc(C(C)(C)C)cc(c74)B6c4cc(C(C)(C)C)cc6c7cc(C(C)(C)C)ccc7n-5c46)c(C#N)ccc23)cc1C([2H])([2H])C(C)(C)C. The molecule has 76 heavy (non-hydrogen) atoms. The van der Waals surface area contributed by atoms with Crippen molar-refractivity contribution in [3.8, 4) is 39.8 Å². The number of fused-ring (bicyclic) bond motifs is 13. The van der Waals surface area contributed by atoms with Crippen LogP contribution in [0.4, 0.5) is 0 Å². The molecule has 0 spiro atoms. The Balaban J connectivity index is 1.18. The summed E-state index contributed by atoms with van der Waals surface area (Å²) in [5.74, 6) is 0. The Bertz CT molecular complexity index is 4460. The van der Waals surface area contributed by atoms with Crippen molar-refractivity contribution in [2.24, 2.45) is 5.41 Å². The molecule has 0 aliphatic carbocycles. The molecule has 2 aliphatic rings. The lowest BCUT2D eigenvalue weighted by Gasteiger charge is -2.36. The van der Waals surface area contributed by atoms with Gasteiger partial charge in [-0.05, 0) is 168 Å². The molecule has 5 nitrogen and oxygen atoms in total. The lowest BCUT2D eigenvalue weighted by atomic mass is 9.33. The van der Waals surface area contributed by atoms with Crippen LogP contribution in [-0.4, -0.2) is 20.8 Å². The van der Waals surface area contributed by atoms with Crippen LogP contribution in [0, 0.1) is 23.6 Å². The number of pyridine rings is 1. The summed E-state index contributed by atoms with van der Waals surface area (Å²) in [5.41, 5.74) is 18.1. The number of furan rings is 1. The molecule has 0 bridgehead atoms. The first-order valence-corrected chi connectivity index (χ1v) is 27.0. The largest absolute Gasteiger partial charge is 0.455 e. The second-order valence-electron chi connectivity index (χ2n) is 27.2. The van der Waals surface area contributed by atoms with Gasteiger partial charge in [0.15, 0.2) is 0 Å². The second-order valence-corrected chi connectivity index (χ2v) is 27.2. The van der Waals surface area contributed by atoms with Gasteiger partial charge in [-0.25, -0.2) is 0 Å². The lowest BCUT2D eigenvalue weighted by molar-refractivity contribution is 0.410. The van der Waals surface area contributed by atoms with Gasteiger partial charge in [0.05, 0.1) is 28.4 Å². The van der Waals surface area contributed by atoms with Crippen LogP contribution >= 0.6 is 0 Å². The van der Waals surface area contributed by atoms with E-state index < -0.39 is 18.6 Å². The maximum Gasteiger partial charge on any atom is 0.252 e. The highest BCUT2D eigenvalue weighted by Crippen LogP contribution is 2.47. The van der Waals surface area contributed by atoms with Gasteiger partial charge in [-0.2, -0.15) is 5.26 Å². The molecule has 0 fully saturated rings. The van der Waals surface area contributed by atoms with Crippen LogP contribution in [0.2, 0.25) is 0 Å². The molecule has 0 amide bonds. The van der Waals surface area contributed by atoms with Gasteiger partial charge in [0.25, 0.3) is 6.71 Å². The van der Waals surface area contributed by atoms with E-state index in [0.29, 0.717) is 33.6 Å². The predicted octanol–water partition coefficient (Wildman–Crippen LogP) is 16.6. The molecule has 4 aromatic heterocycles. The molecule has 6 heterocycles.